The number of hydrogen-bond donors (Lipinski definition) is 8. The summed E-state index contributed by atoms with van der Waals surface area (Å²) in [7, 11) is -17.5. The van der Waals surface area contributed by atoms with Gasteiger partial charge >= 0.3 is 0 Å². The van der Waals surface area contributed by atoms with Crippen LogP contribution in [0.4, 0.5) is 51.2 Å². The Hall–Kier alpha value is -6.48. The smallest absolute Gasteiger partial charge is 0.296 e. The molecule has 6 aromatic rings. The van der Waals surface area contributed by atoms with Crippen LogP contribution in [0.2, 0.25) is 0 Å². The minimum Gasteiger partial charge on any atom is -0.505 e. The van der Waals surface area contributed by atoms with Crippen molar-refractivity contribution in [1.82, 2.24) is 0 Å². The SMILES string of the molecule is COc1cc(N)ccc1/N=N/c1ccc(NS(=O)(=O)c2ccc(/N=N/c3c(S(=O)(=O)O)cc4cc(SOOO)c(/N=N/c5ccc(S(=O)(=O)CCOSOOO)cc5S(=O)(=O)O)c(O)c4c3N)cc2)cc1. The maximum Gasteiger partial charge on any atom is 0.296 e. The highest BCUT2D eigenvalue weighted by Crippen LogP contribution is 2.50. The van der Waals surface area contributed by atoms with Gasteiger partial charge in [-0.1, -0.05) is 10.1 Å². The Morgan fingerprint density at radius 2 is 1.24 bits per heavy atom. The molecule has 0 amide bonds. The fourth-order valence-corrected chi connectivity index (χ4v) is 10.3. The van der Waals surface area contributed by atoms with Crippen LogP contribution in [0.15, 0.2) is 152 Å². The topological polar surface area (TPSA) is 431 Å². The molecule has 0 bridgehead atoms. The molecule has 0 atom stereocenters. The van der Waals surface area contributed by atoms with E-state index in [1.807, 2.05) is 0 Å². The van der Waals surface area contributed by atoms with E-state index in [2.05, 4.69) is 54.2 Å². The summed E-state index contributed by atoms with van der Waals surface area (Å²) in [5.41, 5.74) is 10.8. The number of nitrogens with two attached hydrogens (primary N) is 2. The van der Waals surface area contributed by atoms with Crippen LogP contribution in [0.25, 0.3) is 10.8 Å². The Bertz CT molecular complexity index is 3520. The number of ether oxygens (including phenoxy) is 1. The van der Waals surface area contributed by atoms with Crippen LogP contribution in [0.3, 0.4) is 0 Å². The number of phenolic OH excluding ortho intramolecular Hbond substituents is 1. The number of nitrogen functional groups attached to an aromatic ring is 2. The molecule has 0 fully saturated rings. The van der Waals surface area contributed by atoms with Gasteiger partial charge in [0.25, 0.3) is 30.3 Å². The fraction of sp³-hybridized carbons (Fsp3) is 0.0811. The summed E-state index contributed by atoms with van der Waals surface area (Å²) in [6.45, 7) is -0.547. The number of rotatable bonds is 22. The van der Waals surface area contributed by atoms with E-state index in [-0.39, 0.29) is 50.9 Å². The minimum atomic E-state index is -5.25. The molecule has 0 aliphatic rings. The predicted molar refractivity (Wildman–Crippen MR) is 251 cm³/mol. The third kappa shape index (κ3) is 13.5. The number of phenols is 1. The van der Waals surface area contributed by atoms with Crippen molar-refractivity contribution >= 4 is 126 Å². The number of aromatic hydroxyl groups is 1. The van der Waals surface area contributed by atoms with Gasteiger partial charge in [-0.2, -0.15) is 27.1 Å². The van der Waals surface area contributed by atoms with Crippen LogP contribution < -0.4 is 20.9 Å². The molecule has 0 heterocycles. The third-order valence-corrected chi connectivity index (χ3v) is 14.9. The molecular formula is C37H33N9O19S6. The highest BCUT2D eigenvalue weighted by molar-refractivity contribution is 7.94. The minimum absolute atomic E-state index is 0.0626. The van der Waals surface area contributed by atoms with Crippen LogP contribution in [-0.2, 0) is 63.0 Å². The Morgan fingerprint density at radius 3 is 1.87 bits per heavy atom. The van der Waals surface area contributed by atoms with Crippen LogP contribution in [0, 0.1) is 0 Å². The summed E-state index contributed by atoms with van der Waals surface area (Å²) in [6, 6.07) is 19.5. The lowest BCUT2D eigenvalue weighted by atomic mass is 10.1. The van der Waals surface area contributed by atoms with Crippen molar-refractivity contribution in [3.63, 3.8) is 0 Å². The van der Waals surface area contributed by atoms with Gasteiger partial charge < -0.3 is 21.3 Å². The molecular weight excluding hydrogens is 1070 g/mol. The monoisotopic (exact) mass is 1100 g/mol. The summed E-state index contributed by atoms with van der Waals surface area (Å²) in [5, 5.41) is 58.5. The van der Waals surface area contributed by atoms with E-state index in [0.717, 1.165) is 36.4 Å². The number of sulfonamides is 1. The van der Waals surface area contributed by atoms with E-state index in [1.54, 1.807) is 18.2 Å². The number of methoxy groups -OCH3 is 1. The van der Waals surface area contributed by atoms with Crippen molar-refractivity contribution in [2.45, 2.75) is 24.5 Å². The quantitative estimate of drug-likeness (QED) is 0.00600. The third-order valence-electron chi connectivity index (χ3n) is 9.12. The van der Waals surface area contributed by atoms with Gasteiger partial charge in [-0.05, 0) is 96.4 Å². The maximum absolute atomic E-state index is 13.3. The number of sulfone groups is 1. The Labute approximate surface area is 409 Å². The van der Waals surface area contributed by atoms with E-state index in [1.165, 1.54) is 43.5 Å². The van der Waals surface area contributed by atoms with Gasteiger partial charge in [-0.25, -0.2) is 27.4 Å². The fourth-order valence-electron chi connectivity index (χ4n) is 5.93. The van der Waals surface area contributed by atoms with Crippen molar-refractivity contribution in [3.05, 3.63) is 97.1 Å². The number of anilines is 3. The molecule has 0 unspecified atom stereocenters. The molecule has 0 saturated heterocycles. The number of nitrogens with zero attached hydrogens (tertiary/aromatic N) is 6. The molecule has 6 rings (SSSR count). The zero-order valence-corrected chi connectivity index (χ0v) is 40.3. The highest BCUT2D eigenvalue weighted by Gasteiger charge is 2.27. The largest absolute Gasteiger partial charge is 0.505 e. The number of nitrogens with one attached hydrogen (secondary N) is 1. The van der Waals surface area contributed by atoms with Crippen molar-refractivity contribution in [1.29, 1.82) is 0 Å². The van der Waals surface area contributed by atoms with E-state index in [0.29, 0.717) is 28.9 Å². The molecule has 71 heavy (non-hydrogen) atoms. The Morgan fingerprint density at radius 1 is 0.648 bits per heavy atom. The lowest BCUT2D eigenvalue weighted by Crippen LogP contribution is -2.12. The number of benzene rings is 6. The second-order valence-electron chi connectivity index (χ2n) is 13.6. The van der Waals surface area contributed by atoms with Crippen LogP contribution in [0.5, 0.6) is 11.5 Å². The van der Waals surface area contributed by atoms with Crippen molar-refractivity contribution in [2.24, 2.45) is 30.7 Å². The van der Waals surface area contributed by atoms with Gasteiger partial charge in [-0.3, -0.25) is 18.0 Å². The number of hydrogen-bond acceptors (Lipinski definition) is 27. The maximum atomic E-state index is 13.3. The average molecular weight is 1100 g/mol. The van der Waals surface area contributed by atoms with E-state index in [4.69, 9.17) is 30.9 Å². The van der Waals surface area contributed by atoms with Gasteiger partial charge in [-0.15, -0.1) is 29.1 Å². The van der Waals surface area contributed by atoms with Crippen molar-refractivity contribution in [2.75, 3.05) is 35.7 Å². The van der Waals surface area contributed by atoms with Gasteiger partial charge in [0.05, 0.1) is 68.6 Å². The molecule has 0 aliphatic heterocycles. The Balaban J connectivity index is 1.30. The molecule has 0 saturated carbocycles. The first-order valence-electron chi connectivity index (χ1n) is 18.8. The zero-order valence-electron chi connectivity index (χ0n) is 35.4. The Kier molecular flexibility index (Phi) is 17.2. The number of fused-ring (bicyclic) bond motifs is 1. The molecule has 34 heteroatoms. The van der Waals surface area contributed by atoms with Crippen LogP contribution in [-0.4, -0.2) is 77.9 Å². The predicted octanol–water partition coefficient (Wildman–Crippen LogP) is 8.46. The lowest BCUT2D eigenvalue weighted by molar-refractivity contribution is -0.434. The first-order chi connectivity index (χ1) is 33.6. The first-order valence-corrected chi connectivity index (χ1v) is 26.3. The number of azo groups is 3. The summed E-state index contributed by atoms with van der Waals surface area (Å²) in [6.07, 6.45) is 0. The van der Waals surface area contributed by atoms with Crippen LogP contribution in [0.1, 0.15) is 0 Å². The lowest BCUT2D eigenvalue weighted by Gasteiger charge is -2.14. The zero-order chi connectivity index (χ0) is 51.7. The average Bonchev–Trinajstić information content (AvgIpc) is 3.31. The van der Waals surface area contributed by atoms with Crippen molar-refractivity contribution < 1.29 is 86.1 Å². The van der Waals surface area contributed by atoms with E-state index >= 15 is 0 Å². The second-order valence-corrected chi connectivity index (χ2v) is 21.5. The molecule has 0 spiro atoms. The summed E-state index contributed by atoms with van der Waals surface area (Å²) >= 11 is 0.227. The molecule has 6 aromatic carbocycles. The first kappa shape index (κ1) is 53.9. The molecule has 0 aromatic heterocycles. The molecule has 10 N–H and O–H groups in total. The molecule has 0 radical (unpaired) electrons. The molecule has 28 nitrogen and oxygen atoms in total. The van der Waals surface area contributed by atoms with E-state index < -0.39 is 101 Å². The normalized spacial score (nSPS) is 12.7. The van der Waals surface area contributed by atoms with Gasteiger partial charge in [0.15, 0.2) is 27.9 Å². The van der Waals surface area contributed by atoms with E-state index in [9.17, 15) is 47.9 Å². The summed E-state index contributed by atoms with van der Waals surface area (Å²) in [4.78, 5) is -3.23. The van der Waals surface area contributed by atoms with Crippen LogP contribution >= 0.6 is 24.4 Å². The van der Waals surface area contributed by atoms with Gasteiger partial charge in [0.1, 0.15) is 38.3 Å². The summed E-state index contributed by atoms with van der Waals surface area (Å²) < 4.78 is 143. The van der Waals surface area contributed by atoms with Gasteiger partial charge in [0.2, 0.25) is 0 Å². The highest BCUT2D eigenvalue weighted by atomic mass is 32.2. The molecule has 0 aliphatic carbocycles. The molecule has 376 valence electrons. The standard InChI is InChI=1S/C37H33N9O19S6/c1-60-29-18-21(38)2-12-27(29)42-40-22-3-5-24(6-4-22)46-69(52,53)25-9-7-23(8-10-25)41-45-36-32(71(57,58)59)17-20-16-30(66-64-62-48)35(37(47)33(20)34(36)39)44-43-28-13-11-26(19-31(28)70(54,55)56)68(50,51)15-14-61-67-65-63-49/h2-13,16-19,46-49H,14-15,38-39H2,1H3,(H,54,55,56)(H,57,58,59)/b42-40+,44-43+,45-41+. The van der Waals surface area contributed by atoms with Crippen molar-refractivity contribution in [3.8, 4) is 11.5 Å². The van der Waals surface area contributed by atoms with Gasteiger partial charge in [0, 0.05) is 17.4 Å². The second kappa shape index (κ2) is 22.7. The summed E-state index contributed by atoms with van der Waals surface area (Å²) in [5.74, 6) is -1.30.